The molecule has 90 valence electrons. The quantitative estimate of drug-likeness (QED) is 0.278. The minimum atomic E-state index is 0.391. The summed E-state index contributed by atoms with van der Waals surface area (Å²) in [6, 6.07) is 5.73. The highest BCUT2D eigenvalue weighted by Gasteiger charge is 2.02. The molecule has 1 aromatic heterocycles. The molecule has 1 heterocycles. The van der Waals surface area contributed by atoms with Crippen molar-refractivity contribution < 1.29 is 4.74 Å². The Bertz CT molecular complexity index is 662. The third-order valence-corrected chi connectivity index (χ3v) is 3.12. The number of rotatable bonds is 3. The molecule has 0 aliphatic carbocycles. The van der Waals surface area contributed by atoms with Crippen molar-refractivity contribution in [1.29, 1.82) is 0 Å². The van der Waals surface area contributed by atoms with Crippen LogP contribution < -0.4 is 4.74 Å². The van der Waals surface area contributed by atoms with Crippen LogP contribution in [-0.2, 0) is 0 Å². The monoisotopic (exact) mass is 258 g/mol. The molecule has 0 saturated heterocycles. The summed E-state index contributed by atoms with van der Waals surface area (Å²) >= 11 is 1.52. The minimum absolute atomic E-state index is 0.391. The molecule has 0 aliphatic heterocycles. The fraction of sp³-hybridized carbons (Fsp3) is 0.250. The van der Waals surface area contributed by atoms with Gasteiger partial charge in [-0.3, -0.25) is 0 Å². The van der Waals surface area contributed by atoms with Crippen molar-refractivity contribution in [2.45, 2.75) is 6.42 Å². The van der Waals surface area contributed by atoms with E-state index in [1.807, 2.05) is 18.2 Å². The van der Waals surface area contributed by atoms with Crippen molar-refractivity contribution in [2.75, 3.05) is 13.7 Å². The molecule has 0 unspecified atom stereocenters. The van der Waals surface area contributed by atoms with E-state index >= 15 is 0 Å². The maximum absolute atomic E-state index is 8.12. The van der Waals surface area contributed by atoms with Crippen LogP contribution in [0.1, 0.15) is 11.4 Å². The third kappa shape index (κ3) is 2.92. The van der Waals surface area contributed by atoms with Crippen molar-refractivity contribution in [3.8, 4) is 17.6 Å². The number of azide groups is 1. The van der Waals surface area contributed by atoms with E-state index in [2.05, 4.69) is 26.9 Å². The zero-order valence-electron chi connectivity index (χ0n) is 9.75. The van der Waals surface area contributed by atoms with Gasteiger partial charge in [0.1, 0.15) is 5.75 Å². The van der Waals surface area contributed by atoms with Crippen LogP contribution in [-0.4, -0.2) is 18.6 Å². The molecule has 0 bridgehead atoms. The Kier molecular flexibility index (Phi) is 4.02. The summed E-state index contributed by atoms with van der Waals surface area (Å²) < 4.78 is 6.20. The molecule has 2 aromatic rings. The second kappa shape index (κ2) is 5.92. The lowest BCUT2D eigenvalue weighted by Crippen LogP contribution is -1.80. The maximum Gasteiger partial charge on any atom is 0.168 e. The number of fused-ring (bicyclic) bond motifs is 1. The first-order chi connectivity index (χ1) is 8.83. The fourth-order valence-electron chi connectivity index (χ4n) is 1.37. The van der Waals surface area contributed by atoms with Gasteiger partial charge < -0.3 is 4.74 Å². The molecule has 0 atom stereocenters. The summed E-state index contributed by atoms with van der Waals surface area (Å²) in [5.41, 5.74) is 9.03. The van der Waals surface area contributed by atoms with E-state index in [0.29, 0.717) is 13.0 Å². The largest absolute Gasteiger partial charge is 0.497 e. The normalized spacial score (nSPS) is 9.39. The molecule has 5 nitrogen and oxygen atoms in total. The number of methoxy groups -OCH3 is 1. The van der Waals surface area contributed by atoms with Crippen LogP contribution in [0.15, 0.2) is 23.3 Å². The zero-order chi connectivity index (χ0) is 12.8. The Morgan fingerprint density at radius 2 is 2.44 bits per heavy atom. The average Bonchev–Trinajstić information content (AvgIpc) is 2.80. The molecule has 0 radical (unpaired) electrons. The average molecular weight is 258 g/mol. The first kappa shape index (κ1) is 12.2. The molecule has 0 fully saturated rings. The molecule has 18 heavy (non-hydrogen) atoms. The Labute approximate surface area is 108 Å². The fourth-order valence-corrected chi connectivity index (χ4v) is 2.24. The van der Waals surface area contributed by atoms with Gasteiger partial charge in [-0.05, 0) is 29.7 Å². The van der Waals surface area contributed by atoms with Crippen molar-refractivity contribution in [1.82, 2.24) is 4.98 Å². The second-order valence-corrected chi connectivity index (χ2v) is 4.39. The number of hydrogen-bond donors (Lipinski definition) is 0. The number of aromatic nitrogens is 1. The van der Waals surface area contributed by atoms with Gasteiger partial charge in [0.15, 0.2) is 5.01 Å². The van der Waals surface area contributed by atoms with E-state index in [1.165, 1.54) is 11.3 Å². The number of thiazole rings is 1. The lowest BCUT2D eigenvalue weighted by molar-refractivity contribution is 0.415. The van der Waals surface area contributed by atoms with Crippen LogP contribution in [0.2, 0.25) is 0 Å². The molecule has 0 N–H and O–H groups in total. The van der Waals surface area contributed by atoms with Crippen molar-refractivity contribution >= 4 is 21.6 Å². The molecule has 6 heteroatoms. The van der Waals surface area contributed by atoms with Crippen molar-refractivity contribution in [2.24, 2.45) is 5.11 Å². The first-order valence-electron chi connectivity index (χ1n) is 5.28. The highest BCUT2D eigenvalue weighted by atomic mass is 32.1. The zero-order valence-corrected chi connectivity index (χ0v) is 10.6. The van der Waals surface area contributed by atoms with E-state index in [0.717, 1.165) is 21.0 Å². The summed E-state index contributed by atoms with van der Waals surface area (Å²) in [5.74, 6) is 6.71. The molecule has 0 aliphatic rings. The van der Waals surface area contributed by atoms with Crippen LogP contribution in [0.5, 0.6) is 5.75 Å². The van der Waals surface area contributed by atoms with Crippen LogP contribution >= 0.6 is 11.3 Å². The Hall–Kier alpha value is -2.22. The first-order valence-corrected chi connectivity index (χ1v) is 6.09. The summed E-state index contributed by atoms with van der Waals surface area (Å²) in [6.07, 6.45) is 0.545. The van der Waals surface area contributed by atoms with Crippen LogP contribution in [0.25, 0.3) is 20.7 Å². The van der Waals surface area contributed by atoms with Crippen molar-refractivity contribution in [3.05, 3.63) is 33.6 Å². The standard InChI is InChI=1S/C12H10N4OS/c1-17-9-5-6-10-11(8-9)18-12(15-10)4-2-3-7-14-16-13/h5-6,8H,3,7H2,1H3. The molecule has 0 spiro atoms. The van der Waals surface area contributed by atoms with Crippen LogP contribution in [0.4, 0.5) is 0 Å². The highest BCUT2D eigenvalue weighted by molar-refractivity contribution is 7.19. The Balaban J connectivity index is 2.16. The van der Waals surface area contributed by atoms with Gasteiger partial charge in [0.05, 0.1) is 17.3 Å². The smallest absolute Gasteiger partial charge is 0.168 e. The molecular formula is C12H10N4OS. The van der Waals surface area contributed by atoms with Crippen LogP contribution in [0, 0.1) is 11.8 Å². The van der Waals surface area contributed by atoms with Crippen molar-refractivity contribution in [3.63, 3.8) is 0 Å². The summed E-state index contributed by atoms with van der Waals surface area (Å²) in [7, 11) is 1.64. The van der Waals surface area contributed by atoms with Gasteiger partial charge in [0.2, 0.25) is 0 Å². The predicted octanol–water partition coefficient (Wildman–Crippen LogP) is 3.36. The predicted molar refractivity (Wildman–Crippen MR) is 71.7 cm³/mol. The van der Waals surface area contributed by atoms with Gasteiger partial charge >= 0.3 is 0 Å². The number of hydrogen-bond acceptors (Lipinski definition) is 4. The molecular weight excluding hydrogens is 248 g/mol. The van der Waals surface area contributed by atoms with Gasteiger partial charge in [-0.2, -0.15) is 0 Å². The highest BCUT2D eigenvalue weighted by Crippen LogP contribution is 2.25. The lowest BCUT2D eigenvalue weighted by Gasteiger charge is -1.96. The Morgan fingerprint density at radius 1 is 1.56 bits per heavy atom. The SMILES string of the molecule is COc1ccc2nc(C#CCCN=[N+]=[N-])sc2c1. The summed E-state index contributed by atoms with van der Waals surface area (Å²) in [6.45, 7) is 0.391. The minimum Gasteiger partial charge on any atom is -0.497 e. The lowest BCUT2D eigenvalue weighted by atomic mass is 10.3. The van der Waals surface area contributed by atoms with E-state index in [-0.39, 0.29) is 0 Å². The van der Waals surface area contributed by atoms with Gasteiger partial charge in [0, 0.05) is 17.9 Å². The summed E-state index contributed by atoms with van der Waals surface area (Å²) in [4.78, 5) is 7.06. The number of ether oxygens (including phenoxy) is 1. The molecule has 1 aromatic carbocycles. The van der Waals surface area contributed by atoms with E-state index in [1.54, 1.807) is 7.11 Å². The summed E-state index contributed by atoms with van der Waals surface area (Å²) in [5, 5.41) is 4.18. The van der Waals surface area contributed by atoms with Gasteiger partial charge in [-0.15, -0.1) is 11.3 Å². The number of nitrogens with zero attached hydrogens (tertiary/aromatic N) is 4. The van der Waals surface area contributed by atoms with Crippen LogP contribution in [0.3, 0.4) is 0 Å². The topological polar surface area (TPSA) is 70.9 Å². The molecule has 0 saturated carbocycles. The van der Waals surface area contributed by atoms with Gasteiger partial charge in [-0.25, -0.2) is 4.98 Å². The number of benzene rings is 1. The maximum atomic E-state index is 8.12. The van der Waals surface area contributed by atoms with E-state index in [9.17, 15) is 0 Å². The molecule has 2 rings (SSSR count). The molecule has 0 amide bonds. The van der Waals surface area contributed by atoms with Gasteiger partial charge in [-0.1, -0.05) is 11.0 Å². The van der Waals surface area contributed by atoms with E-state index < -0.39 is 0 Å². The second-order valence-electron chi connectivity index (χ2n) is 3.36. The Morgan fingerprint density at radius 3 is 3.22 bits per heavy atom. The van der Waals surface area contributed by atoms with Gasteiger partial charge in [0.25, 0.3) is 0 Å². The van der Waals surface area contributed by atoms with E-state index in [4.69, 9.17) is 10.3 Å². The third-order valence-electron chi connectivity index (χ3n) is 2.19.